The Bertz CT molecular complexity index is 2590. The number of alkyl carbamates (subject to hydrolysis) is 4. The molecule has 0 aliphatic rings. The Morgan fingerprint density at radius 2 is 0.488 bits per heavy atom. The van der Waals surface area contributed by atoms with E-state index in [0.717, 1.165) is 0 Å². The summed E-state index contributed by atoms with van der Waals surface area (Å²) in [6.07, 6.45) is 0.281. The molecule has 42 nitrogen and oxygen atoms in total. The molecule has 1 rings (SSSR count). The van der Waals surface area contributed by atoms with Crippen LogP contribution in [0.4, 0.5) is 37.0 Å². The number of methoxy groups -OCH3 is 1. The van der Waals surface area contributed by atoms with Crippen LogP contribution in [0, 0.1) is 0 Å². The average molecular weight is 1770 g/mol. The fourth-order valence-corrected chi connectivity index (χ4v) is 9.53. The highest BCUT2D eigenvalue weighted by Crippen LogP contribution is 2.19. The third-order valence-corrected chi connectivity index (χ3v) is 15.3. The molecule has 123 heavy (non-hydrogen) atoms. The third-order valence-electron chi connectivity index (χ3n) is 15.3. The molecule has 0 aliphatic carbocycles. The first-order valence-electron chi connectivity index (χ1n) is 42.6. The number of rotatable bonds is 80. The van der Waals surface area contributed by atoms with Gasteiger partial charge in [0.2, 0.25) is 29.7 Å². The number of hydrogen-bond donors (Lipinski definition) is 7. The van der Waals surface area contributed by atoms with E-state index in [0.29, 0.717) is 157 Å². The van der Waals surface area contributed by atoms with Gasteiger partial charge in [-0.15, -0.1) is 0 Å². The minimum atomic E-state index is -0.622. The Kier molecular flexibility index (Phi) is 68.1. The molecule has 1 heterocycles. The van der Waals surface area contributed by atoms with Crippen molar-refractivity contribution < 1.29 is 143 Å². The number of carbonyl (C=O) groups is 9. The van der Waals surface area contributed by atoms with Gasteiger partial charge in [0.05, 0.1) is 225 Å². The highest BCUT2D eigenvalue weighted by molar-refractivity contribution is 5.79. The number of ketones is 2. The van der Waals surface area contributed by atoms with Crippen LogP contribution in [0.3, 0.4) is 0 Å². The van der Waals surface area contributed by atoms with Crippen molar-refractivity contribution in [2.45, 2.75) is 163 Å². The Labute approximate surface area is 727 Å². The molecule has 0 radical (unpaired) electrons. The Morgan fingerprint density at radius 3 is 0.740 bits per heavy atom. The summed E-state index contributed by atoms with van der Waals surface area (Å²) in [5, 5.41) is 19.1. The monoisotopic (exact) mass is 1770 g/mol. The highest BCUT2D eigenvalue weighted by atomic mass is 16.6. The molecule has 0 unspecified atom stereocenters. The molecule has 714 valence electrons. The van der Waals surface area contributed by atoms with E-state index in [4.69, 9.17) is 114 Å². The van der Waals surface area contributed by atoms with Crippen LogP contribution in [0.1, 0.15) is 141 Å². The number of ether oxygens (including phenoxy) is 21. The quantitative estimate of drug-likeness (QED) is 0.0271. The van der Waals surface area contributed by atoms with Crippen molar-refractivity contribution in [2.75, 3.05) is 306 Å². The Balaban J connectivity index is 3.06. The lowest BCUT2D eigenvalue weighted by Gasteiger charge is -2.27. The predicted octanol–water partition coefficient (Wildman–Crippen LogP) is 4.32. The van der Waals surface area contributed by atoms with Gasteiger partial charge in [0.25, 0.3) is 0 Å². The number of anilines is 3. The van der Waals surface area contributed by atoms with Crippen LogP contribution >= 0.6 is 0 Å². The van der Waals surface area contributed by atoms with E-state index in [1.165, 1.54) is 7.11 Å². The summed E-state index contributed by atoms with van der Waals surface area (Å²) in [6.45, 7) is 32.9. The lowest BCUT2D eigenvalue weighted by Crippen LogP contribution is -2.38. The number of esters is 1. The number of Topliss-reactive ketones (excluding diaryl/α,β-unsaturated/α-hetero) is 2. The molecule has 6 amide bonds. The predicted molar refractivity (Wildman–Crippen MR) is 452 cm³/mol. The fraction of sp³-hybridized carbons (Fsp3) is 0.852. The van der Waals surface area contributed by atoms with E-state index in [2.05, 4.69) is 37.2 Å². The van der Waals surface area contributed by atoms with Crippen LogP contribution in [-0.4, -0.2) is 382 Å². The van der Waals surface area contributed by atoms with Gasteiger partial charge in [-0.25, -0.2) is 19.2 Å². The molecule has 0 saturated heterocycles. The standard InChI is InChI=1S/C81H150N12O30/c1-78(2,3)120-74(99)85-23-14-16-66(94)19-34-104-42-50-112-58-62-116-54-46-108-38-30-92(32-40-110-48-56-118-64-60-114-52-44-106-36-21-68(96)82-26-28-87-76(101)122-80(7,8)9)72-89-71(84-25-18-70(98)103-13)90-73(91-72)93(31-39-109-47-55-117-63-59-113-51-43-105-35-20-67(95)17-15-24-86-75(100)121-79(4,5)6)33-41-111-49-57-119-65-61-115-53-45-107-37-22-69(97)83-27-29-88-77(102)123-81(10,11)12/h14-65H2,1-13H3,(H,82,96)(H,83,97)(H,85,99)(H,86,100)(H,87,101)(H,88,102)(H,84,89,90,91). The Hall–Kier alpha value is -7.40. The van der Waals surface area contributed by atoms with Crippen LogP contribution < -0.4 is 47.0 Å². The van der Waals surface area contributed by atoms with E-state index < -0.39 is 52.7 Å². The lowest BCUT2D eigenvalue weighted by atomic mass is 10.2. The number of nitrogens with zero attached hydrogens (tertiary/aromatic N) is 5. The van der Waals surface area contributed by atoms with Crippen LogP contribution in [0.5, 0.6) is 0 Å². The first kappa shape index (κ1) is 114. The maximum atomic E-state index is 12.3. The minimum Gasteiger partial charge on any atom is -0.469 e. The number of carbonyl (C=O) groups excluding carboxylic acids is 9. The molecule has 1 aromatic rings. The zero-order valence-corrected chi connectivity index (χ0v) is 75.8. The molecule has 0 spiro atoms. The van der Waals surface area contributed by atoms with Crippen LogP contribution in [0.15, 0.2) is 0 Å². The molecule has 42 heteroatoms. The average Bonchev–Trinajstić information content (AvgIpc) is 0.825. The first-order valence-corrected chi connectivity index (χ1v) is 42.6. The van der Waals surface area contributed by atoms with Gasteiger partial charge in [0.1, 0.15) is 34.0 Å². The number of aromatic nitrogens is 3. The van der Waals surface area contributed by atoms with E-state index in [-0.39, 0.29) is 225 Å². The zero-order valence-electron chi connectivity index (χ0n) is 75.8. The normalized spacial score (nSPS) is 11.7. The summed E-state index contributed by atoms with van der Waals surface area (Å²) in [5.74, 6) is -0.109. The molecule has 0 fully saturated rings. The maximum Gasteiger partial charge on any atom is 0.407 e. The second-order valence-electron chi connectivity index (χ2n) is 31.0. The Morgan fingerprint density at radius 1 is 0.260 bits per heavy atom. The molecular weight excluding hydrogens is 1620 g/mol. The molecule has 1 aromatic heterocycles. The van der Waals surface area contributed by atoms with Gasteiger partial charge in [-0.3, -0.25) is 24.0 Å². The third kappa shape index (κ3) is 77.9. The van der Waals surface area contributed by atoms with Crippen molar-refractivity contribution in [1.82, 2.24) is 46.9 Å². The van der Waals surface area contributed by atoms with Crippen molar-refractivity contribution in [2.24, 2.45) is 0 Å². The maximum absolute atomic E-state index is 12.3. The summed E-state index contributed by atoms with van der Waals surface area (Å²) < 4.78 is 118. The van der Waals surface area contributed by atoms with Crippen molar-refractivity contribution in [3.05, 3.63) is 0 Å². The van der Waals surface area contributed by atoms with E-state index in [9.17, 15) is 43.2 Å². The topological polar surface area (TPSA) is 477 Å². The highest BCUT2D eigenvalue weighted by Gasteiger charge is 2.23. The fourth-order valence-electron chi connectivity index (χ4n) is 9.53. The van der Waals surface area contributed by atoms with E-state index in [1.54, 1.807) is 83.1 Å². The summed E-state index contributed by atoms with van der Waals surface area (Å²) in [5.41, 5.74) is -2.45. The SMILES string of the molecule is COC(=O)CCNc1nc(N(CCOCCOCCOCCOCCC(=O)CCCNC(=O)OC(C)(C)C)CCOCCOCCOCCOCCC(=O)NCCNC(=O)OC(C)(C)C)nc(N(CCOCCOCCOCCOCCC(=O)CCCNC(=O)OC(C)(C)C)CCOCCOCCOCCOCCC(=O)NCCNC(=O)OC(C)(C)C)n1. The summed E-state index contributed by atoms with van der Waals surface area (Å²) in [7, 11) is 1.30. The molecule has 0 aromatic carbocycles. The van der Waals surface area contributed by atoms with Gasteiger partial charge in [-0.1, -0.05) is 0 Å². The summed E-state index contributed by atoms with van der Waals surface area (Å²) in [4.78, 5) is 127. The second kappa shape index (κ2) is 73.8. The summed E-state index contributed by atoms with van der Waals surface area (Å²) >= 11 is 0. The van der Waals surface area contributed by atoms with Crippen molar-refractivity contribution >= 4 is 71.6 Å². The van der Waals surface area contributed by atoms with Crippen LogP contribution in [0.2, 0.25) is 0 Å². The van der Waals surface area contributed by atoms with E-state index >= 15 is 0 Å². The van der Waals surface area contributed by atoms with Gasteiger partial charge in [0.15, 0.2) is 0 Å². The lowest BCUT2D eigenvalue weighted by molar-refractivity contribution is -0.140. The van der Waals surface area contributed by atoms with Gasteiger partial charge in [-0.05, 0) is 95.9 Å². The molecule has 0 atom stereocenters. The molecule has 0 saturated carbocycles. The molecular formula is C81H150N12O30. The van der Waals surface area contributed by atoms with E-state index in [1.807, 2.05) is 9.80 Å². The van der Waals surface area contributed by atoms with Gasteiger partial charge >= 0.3 is 30.3 Å². The van der Waals surface area contributed by atoms with Crippen molar-refractivity contribution in [3.63, 3.8) is 0 Å². The smallest absolute Gasteiger partial charge is 0.407 e. The summed E-state index contributed by atoms with van der Waals surface area (Å²) in [6, 6.07) is 0. The van der Waals surface area contributed by atoms with Crippen molar-refractivity contribution in [3.8, 4) is 0 Å². The van der Waals surface area contributed by atoms with Crippen LogP contribution in [0.25, 0.3) is 0 Å². The number of nitrogens with one attached hydrogen (secondary N) is 7. The zero-order chi connectivity index (χ0) is 90.8. The van der Waals surface area contributed by atoms with Crippen molar-refractivity contribution in [1.29, 1.82) is 0 Å². The van der Waals surface area contributed by atoms with Crippen LogP contribution in [-0.2, 0) is 123 Å². The van der Waals surface area contributed by atoms with Gasteiger partial charge in [0, 0.05) is 111 Å². The van der Waals surface area contributed by atoms with Gasteiger partial charge in [-0.2, -0.15) is 15.0 Å². The second-order valence-corrected chi connectivity index (χ2v) is 31.0. The molecule has 7 N–H and O–H groups in total. The number of hydrogen-bond acceptors (Lipinski definition) is 36. The first-order chi connectivity index (χ1) is 58.8. The molecule has 0 bridgehead atoms. The minimum absolute atomic E-state index is 0.0139. The number of amides is 6. The van der Waals surface area contributed by atoms with Gasteiger partial charge < -0.3 is 146 Å². The molecule has 0 aliphatic heterocycles. The largest absolute Gasteiger partial charge is 0.469 e.